The fraction of sp³-hybridized carbons (Fsp3) is 0.357. The van der Waals surface area contributed by atoms with E-state index in [1.165, 1.54) is 38.6 Å². The summed E-state index contributed by atoms with van der Waals surface area (Å²) >= 11 is 0. The number of ether oxygens (including phenoxy) is 2. The van der Waals surface area contributed by atoms with Gasteiger partial charge in [-0.25, -0.2) is 5.43 Å². The van der Waals surface area contributed by atoms with E-state index in [-0.39, 0.29) is 11.4 Å². The number of benzene rings is 1. The van der Waals surface area contributed by atoms with Gasteiger partial charge in [0.1, 0.15) is 0 Å². The molecule has 24 heavy (non-hydrogen) atoms. The van der Waals surface area contributed by atoms with E-state index in [2.05, 4.69) is 10.4 Å². The summed E-state index contributed by atoms with van der Waals surface area (Å²) < 4.78 is 9.68. The Morgan fingerprint density at radius 2 is 2.08 bits per heavy atom. The molecule has 0 saturated heterocycles. The highest BCUT2D eigenvalue weighted by atomic mass is 16.6. The molecule has 10 nitrogen and oxygen atoms in total. The van der Waals surface area contributed by atoms with Gasteiger partial charge in [-0.05, 0) is 18.6 Å². The molecule has 0 aliphatic rings. The zero-order valence-corrected chi connectivity index (χ0v) is 13.3. The van der Waals surface area contributed by atoms with Crippen LogP contribution in [0.5, 0.6) is 5.75 Å². The third-order valence-corrected chi connectivity index (χ3v) is 2.80. The van der Waals surface area contributed by atoms with Gasteiger partial charge in [0.05, 0.1) is 18.2 Å². The maximum Gasteiger partial charge on any atom is 0.329 e. The number of nitrogens with zero attached hydrogens (tertiary/aromatic N) is 2. The topological polar surface area (TPSA) is 132 Å². The van der Waals surface area contributed by atoms with Crippen LogP contribution in [0.25, 0.3) is 0 Å². The quantitative estimate of drug-likeness (QED) is 0.229. The summed E-state index contributed by atoms with van der Waals surface area (Å²) in [6.07, 6.45) is 1.76. The molecule has 0 fully saturated rings. The van der Waals surface area contributed by atoms with Crippen LogP contribution in [0.15, 0.2) is 23.3 Å². The molecule has 0 aromatic heterocycles. The Morgan fingerprint density at radius 3 is 2.71 bits per heavy atom. The number of methoxy groups -OCH3 is 2. The molecule has 0 unspecified atom stereocenters. The lowest BCUT2D eigenvalue weighted by atomic mass is 10.2. The van der Waals surface area contributed by atoms with E-state index in [4.69, 9.17) is 9.47 Å². The second kappa shape index (κ2) is 9.90. The molecule has 0 saturated carbocycles. The first-order valence-electron chi connectivity index (χ1n) is 6.92. The van der Waals surface area contributed by atoms with E-state index in [0.717, 1.165) is 0 Å². The van der Waals surface area contributed by atoms with Crippen molar-refractivity contribution in [1.29, 1.82) is 0 Å². The Morgan fingerprint density at radius 1 is 1.33 bits per heavy atom. The highest BCUT2D eigenvalue weighted by molar-refractivity contribution is 6.35. The lowest BCUT2D eigenvalue weighted by Gasteiger charge is -2.03. The number of nitro benzene ring substituents is 1. The van der Waals surface area contributed by atoms with Gasteiger partial charge in [0.2, 0.25) is 0 Å². The summed E-state index contributed by atoms with van der Waals surface area (Å²) in [5.74, 6) is -1.66. The number of rotatable bonds is 8. The van der Waals surface area contributed by atoms with Crippen LogP contribution >= 0.6 is 0 Å². The number of amides is 2. The minimum Gasteiger partial charge on any atom is -0.490 e. The predicted octanol–water partition coefficient (Wildman–Crippen LogP) is 0.206. The van der Waals surface area contributed by atoms with Crippen LogP contribution in [0, 0.1) is 10.1 Å². The van der Waals surface area contributed by atoms with Crippen molar-refractivity contribution < 1.29 is 24.0 Å². The monoisotopic (exact) mass is 338 g/mol. The van der Waals surface area contributed by atoms with Crippen LogP contribution in [0.2, 0.25) is 0 Å². The van der Waals surface area contributed by atoms with Crippen molar-refractivity contribution in [2.75, 3.05) is 27.4 Å². The van der Waals surface area contributed by atoms with Crippen LogP contribution < -0.4 is 15.5 Å². The van der Waals surface area contributed by atoms with E-state index >= 15 is 0 Å². The zero-order valence-electron chi connectivity index (χ0n) is 13.3. The minimum absolute atomic E-state index is 0.108. The molecule has 0 aliphatic heterocycles. The van der Waals surface area contributed by atoms with Crippen LogP contribution in [0.3, 0.4) is 0 Å². The van der Waals surface area contributed by atoms with Crippen LogP contribution in [0.1, 0.15) is 12.0 Å². The number of nitro groups is 1. The van der Waals surface area contributed by atoms with Crippen molar-refractivity contribution in [2.45, 2.75) is 6.42 Å². The Bertz CT molecular complexity index is 632. The Balaban J connectivity index is 2.57. The fourth-order valence-corrected chi connectivity index (χ4v) is 1.64. The number of hydrazone groups is 1. The van der Waals surface area contributed by atoms with Gasteiger partial charge in [0, 0.05) is 31.9 Å². The number of carbonyl (C=O) groups excluding carboxylic acids is 2. The Labute approximate surface area is 138 Å². The van der Waals surface area contributed by atoms with Gasteiger partial charge in [-0.1, -0.05) is 0 Å². The molecule has 130 valence electrons. The van der Waals surface area contributed by atoms with Gasteiger partial charge in [0.15, 0.2) is 5.75 Å². The first kappa shape index (κ1) is 19.0. The van der Waals surface area contributed by atoms with Crippen LogP contribution in [-0.2, 0) is 14.3 Å². The van der Waals surface area contributed by atoms with Crippen molar-refractivity contribution in [3.63, 3.8) is 0 Å². The molecule has 2 amide bonds. The average molecular weight is 338 g/mol. The average Bonchev–Trinajstić information content (AvgIpc) is 2.58. The van der Waals surface area contributed by atoms with E-state index < -0.39 is 16.7 Å². The first-order chi connectivity index (χ1) is 11.5. The standard InChI is InChI=1S/C14H18N4O6/c1-23-7-3-6-15-13(19)14(20)17-16-9-10-4-5-12(24-2)11(8-10)18(21)22/h4-5,8-9H,3,6-7H2,1-2H3,(H,15,19)(H,17,20)/b16-9-. The summed E-state index contributed by atoms with van der Waals surface area (Å²) in [6, 6.07) is 4.16. The van der Waals surface area contributed by atoms with Gasteiger partial charge < -0.3 is 14.8 Å². The Kier molecular flexibility index (Phi) is 7.85. The third kappa shape index (κ3) is 6.01. The van der Waals surface area contributed by atoms with Crippen molar-refractivity contribution in [3.05, 3.63) is 33.9 Å². The predicted molar refractivity (Wildman–Crippen MR) is 84.9 cm³/mol. The summed E-state index contributed by atoms with van der Waals surface area (Å²) in [4.78, 5) is 33.2. The number of hydrogen-bond donors (Lipinski definition) is 2. The largest absolute Gasteiger partial charge is 0.490 e. The minimum atomic E-state index is -0.938. The maximum absolute atomic E-state index is 11.5. The SMILES string of the molecule is COCCCNC(=O)C(=O)N/N=C\c1ccc(OC)c([N+](=O)[O-])c1. The molecule has 1 rings (SSSR count). The summed E-state index contributed by atoms with van der Waals surface area (Å²) in [6.45, 7) is 0.769. The lowest BCUT2D eigenvalue weighted by molar-refractivity contribution is -0.385. The van der Waals surface area contributed by atoms with Gasteiger partial charge >= 0.3 is 17.5 Å². The smallest absolute Gasteiger partial charge is 0.329 e. The van der Waals surface area contributed by atoms with E-state index in [1.807, 2.05) is 5.43 Å². The molecule has 2 N–H and O–H groups in total. The van der Waals surface area contributed by atoms with Crippen molar-refractivity contribution in [2.24, 2.45) is 5.10 Å². The number of nitrogens with one attached hydrogen (secondary N) is 2. The molecular formula is C14H18N4O6. The van der Waals surface area contributed by atoms with E-state index in [0.29, 0.717) is 25.1 Å². The molecule has 10 heteroatoms. The van der Waals surface area contributed by atoms with E-state index in [9.17, 15) is 19.7 Å². The summed E-state index contributed by atoms with van der Waals surface area (Å²) in [5.41, 5.74) is 2.17. The normalized spacial score (nSPS) is 10.4. The molecule has 0 heterocycles. The molecule has 0 spiro atoms. The maximum atomic E-state index is 11.5. The first-order valence-corrected chi connectivity index (χ1v) is 6.92. The third-order valence-electron chi connectivity index (χ3n) is 2.80. The second-order valence-corrected chi connectivity index (χ2v) is 4.49. The summed E-state index contributed by atoms with van der Waals surface area (Å²) in [5, 5.41) is 16.9. The van der Waals surface area contributed by atoms with Crippen LogP contribution in [-0.4, -0.2) is 50.3 Å². The molecule has 0 atom stereocenters. The molecule has 1 aromatic carbocycles. The highest BCUT2D eigenvalue weighted by Crippen LogP contribution is 2.26. The van der Waals surface area contributed by atoms with Gasteiger partial charge in [-0.2, -0.15) is 5.10 Å². The van der Waals surface area contributed by atoms with Crippen molar-refractivity contribution in [1.82, 2.24) is 10.7 Å². The number of hydrogen-bond acceptors (Lipinski definition) is 7. The van der Waals surface area contributed by atoms with Gasteiger partial charge in [-0.15, -0.1) is 0 Å². The van der Waals surface area contributed by atoms with Gasteiger partial charge in [-0.3, -0.25) is 19.7 Å². The van der Waals surface area contributed by atoms with Crippen LogP contribution in [0.4, 0.5) is 5.69 Å². The van der Waals surface area contributed by atoms with Crippen molar-refractivity contribution >= 4 is 23.7 Å². The zero-order chi connectivity index (χ0) is 17.9. The molecule has 0 radical (unpaired) electrons. The molecule has 0 aliphatic carbocycles. The second-order valence-electron chi connectivity index (χ2n) is 4.49. The lowest BCUT2D eigenvalue weighted by Crippen LogP contribution is -2.38. The van der Waals surface area contributed by atoms with Crippen molar-refractivity contribution in [3.8, 4) is 5.75 Å². The number of carbonyl (C=O) groups is 2. The summed E-state index contributed by atoms with van der Waals surface area (Å²) in [7, 11) is 2.86. The molecule has 1 aromatic rings. The Hall–Kier alpha value is -3.01. The van der Waals surface area contributed by atoms with Gasteiger partial charge in [0.25, 0.3) is 0 Å². The van der Waals surface area contributed by atoms with E-state index in [1.54, 1.807) is 0 Å². The highest BCUT2D eigenvalue weighted by Gasteiger charge is 2.15. The fourth-order valence-electron chi connectivity index (χ4n) is 1.64. The molecular weight excluding hydrogens is 320 g/mol. The molecule has 0 bridgehead atoms.